The number of rotatable bonds is 6. The molecule has 1 saturated heterocycles. The zero-order valence-electron chi connectivity index (χ0n) is 23.4. The number of nitrogens with two attached hydrogens (primary N) is 1. The minimum Gasteiger partial charge on any atom is -1.00 e. The summed E-state index contributed by atoms with van der Waals surface area (Å²) in [6.07, 6.45) is -4.83. The van der Waals surface area contributed by atoms with Crippen LogP contribution in [0.5, 0.6) is 0 Å². The molecule has 6 rings (SSSR count). The van der Waals surface area contributed by atoms with Crippen molar-refractivity contribution in [3.05, 3.63) is 89.5 Å². The van der Waals surface area contributed by atoms with Crippen molar-refractivity contribution in [2.75, 3.05) is 44.4 Å². The Morgan fingerprint density at radius 2 is 1.82 bits per heavy atom. The topological polar surface area (TPSA) is 108 Å². The van der Waals surface area contributed by atoms with E-state index >= 15 is 4.39 Å². The zero-order chi connectivity index (χ0) is 30.4. The van der Waals surface area contributed by atoms with E-state index in [1.165, 1.54) is 30.3 Å². The molecule has 9 nitrogen and oxygen atoms in total. The number of nitrogens with one attached hydrogen (secondary N) is 1. The standard InChI is InChI=1S/C30H26F4N6O3.BrH/c1-40(10-12-42-13-11-40)17-19-4-2-3-5-21(19)18-6-8-24(23(31)14-18)36-29(41)25-16-27(30(32,33)34)37-39(25)20-7-9-26-22(15-20)28(35)38-43-26;/h2-9,14-16H,10-13,17H2,1H3,(H2-,35,36,38,41);1H. The molecular weight excluding hydrogens is 648 g/mol. The first-order valence-electron chi connectivity index (χ1n) is 13.4. The quantitative estimate of drug-likeness (QED) is 0.212. The van der Waals surface area contributed by atoms with Gasteiger partial charge in [-0.1, -0.05) is 35.5 Å². The molecule has 14 heteroatoms. The molecular formula is C30H27BrF4N6O3. The molecule has 0 aliphatic carbocycles. The zero-order valence-corrected chi connectivity index (χ0v) is 25.0. The fourth-order valence-corrected chi connectivity index (χ4v) is 5.22. The van der Waals surface area contributed by atoms with Gasteiger partial charge in [-0.15, -0.1) is 0 Å². The average molecular weight is 675 g/mol. The van der Waals surface area contributed by atoms with Crippen LogP contribution in [0.2, 0.25) is 0 Å². The molecule has 1 aliphatic heterocycles. The number of likely N-dealkylation sites (N-methyl/N-ethyl adjacent to an activating group) is 1. The second-order valence-electron chi connectivity index (χ2n) is 10.7. The summed E-state index contributed by atoms with van der Waals surface area (Å²) in [5.41, 5.74) is 6.75. The predicted molar refractivity (Wildman–Crippen MR) is 151 cm³/mol. The van der Waals surface area contributed by atoms with Gasteiger partial charge in [0.25, 0.3) is 5.91 Å². The Balaban J connectivity index is 0.00000384. The molecule has 1 aliphatic rings. The number of aromatic nitrogens is 3. The van der Waals surface area contributed by atoms with Gasteiger partial charge in [0.2, 0.25) is 0 Å². The Labute approximate surface area is 259 Å². The minimum atomic E-state index is -4.83. The van der Waals surface area contributed by atoms with Crippen LogP contribution in [0.25, 0.3) is 27.8 Å². The maximum absolute atomic E-state index is 15.4. The highest BCUT2D eigenvalue weighted by molar-refractivity contribution is 6.04. The number of halogens is 5. The van der Waals surface area contributed by atoms with Crippen molar-refractivity contribution in [2.45, 2.75) is 12.7 Å². The Morgan fingerprint density at radius 1 is 1.07 bits per heavy atom. The van der Waals surface area contributed by atoms with Gasteiger partial charge >= 0.3 is 6.18 Å². The Morgan fingerprint density at radius 3 is 2.55 bits per heavy atom. The van der Waals surface area contributed by atoms with Crippen LogP contribution in [-0.2, 0) is 17.5 Å². The van der Waals surface area contributed by atoms with Gasteiger partial charge in [0.05, 0.1) is 37.0 Å². The molecule has 0 bridgehead atoms. The molecule has 2 aromatic heterocycles. The van der Waals surface area contributed by atoms with Crippen LogP contribution in [0.3, 0.4) is 0 Å². The van der Waals surface area contributed by atoms with E-state index in [0.717, 1.165) is 39.9 Å². The Hall–Kier alpha value is -4.27. The highest BCUT2D eigenvalue weighted by Crippen LogP contribution is 2.33. The van der Waals surface area contributed by atoms with E-state index in [1.807, 2.05) is 24.3 Å². The number of ether oxygens (including phenoxy) is 1. The molecule has 0 saturated carbocycles. The number of carbonyl (C=O) groups excluding carboxylic acids is 1. The van der Waals surface area contributed by atoms with Crippen LogP contribution in [0, 0.1) is 5.82 Å². The van der Waals surface area contributed by atoms with Gasteiger partial charge < -0.3 is 41.8 Å². The highest BCUT2D eigenvalue weighted by atomic mass is 79.9. The van der Waals surface area contributed by atoms with Gasteiger partial charge in [-0.2, -0.15) is 18.3 Å². The van der Waals surface area contributed by atoms with Crippen molar-refractivity contribution in [3.63, 3.8) is 0 Å². The smallest absolute Gasteiger partial charge is 0.435 e. The van der Waals surface area contributed by atoms with Gasteiger partial charge in [0.1, 0.15) is 31.1 Å². The number of hydrogen-bond acceptors (Lipinski definition) is 6. The summed E-state index contributed by atoms with van der Waals surface area (Å²) in [5, 5.41) is 9.97. The fourth-order valence-electron chi connectivity index (χ4n) is 5.22. The van der Waals surface area contributed by atoms with Crippen LogP contribution in [0.15, 0.2) is 71.3 Å². The van der Waals surface area contributed by atoms with Crippen LogP contribution in [0.1, 0.15) is 21.7 Å². The van der Waals surface area contributed by atoms with Crippen LogP contribution >= 0.6 is 0 Å². The summed E-state index contributed by atoms with van der Waals surface area (Å²) in [6, 6.07) is 16.9. The van der Waals surface area contributed by atoms with E-state index in [1.54, 1.807) is 6.07 Å². The molecule has 3 heterocycles. The molecule has 0 unspecified atom stereocenters. The number of benzene rings is 3. The van der Waals surface area contributed by atoms with Crippen LogP contribution in [-0.4, -0.2) is 58.7 Å². The maximum Gasteiger partial charge on any atom is 0.435 e. The number of nitrogen functional groups attached to an aromatic ring is 1. The second-order valence-corrected chi connectivity index (χ2v) is 10.7. The molecule has 3 N–H and O–H groups in total. The van der Waals surface area contributed by atoms with Gasteiger partial charge in [-0.05, 0) is 41.5 Å². The lowest BCUT2D eigenvalue weighted by Crippen LogP contribution is -3.00. The van der Waals surface area contributed by atoms with E-state index in [2.05, 4.69) is 22.6 Å². The summed E-state index contributed by atoms with van der Waals surface area (Å²) >= 11 is 0. The van der Waals surface area contributed by atoms with E-state index in [0.29, 0.717) is 35.8 Å². The van der Waals surface area contributed by atoms with Gasteiger partial charge in [0.15, 0.2) is 17.1 Å². The van der Waals surface area contributed by atoms with Crippen LogP contribution in [0.4, 0.5) is 29.1 Å². The van der Waals surface area contributed by atoms with E-state index in [4.69, 9.17) is 15.0 Å². The first-order chi connectivity index (χ1) is 20.5. The number of fused-ring (bicyclic) bond motifs is 1. The molecule has 230 valence electrons. The Kier molecular flexibility index (Phi) is 8.51. The number of anilines is 2. The number of alkyl halides is 3. The molecule has 0 atom stereocenters. The van der Waals surface area contributed by atoms with E-state index in [9.17, 15) is 18.0 Å². The number of quaternary nitrogens is 1. The first-order valence-corrected chi connectivity index (χ1v) is 13.4. The monoisotopic (exact) mass is 674 g/mol. The van der Waals surface area contributed by atoms with Crippen molar-refractivity contribution in [3.8, 4) is 16.8 Å². The van der Waals surface area contributed by atoms with Gasteiger partial charge in [-0.3, -0.25) is 4.79 Å². The molecule has 1 fully saturated rings. The molecule has 44 heavy (non-hydrogen) atoms. The SMILES string of the molecule is C[N+]1(Cc2ccccc2-c2ccc(NC(=O)c3cc(C(F)(F)F)nn3-c3ccc4onc(N)c4c3)c(F)c2)CCOCC1.[Br-]. The van der Waals surface area contributed by atoms with Crippen molar-refractivity contribution in [2.24, 2.45) is 0 Å². The summed E-state index contributed by atoms with van der Waals surface area (Å²) in [4.78, 5) is 13.3. The fraction of sp³-hybridized carbons (Fsp3) is 0.233. The Bertz CT molecular complexity index is 1830. The molecule has 0 spiro atoms. The number of nitrogens with zero attached hydrogens (tertiary/aromatic N) is 4. The van der Waals surface area contributed by atoms with Crippen molar-refractivity contribution < 1.29 is 53.1 Å². The number of amides is 1. The lowest BCUT2D eigenvalue weighted by Gasteiger charge is -2.38. The van der Waals surface area contributed by atoms with E-state index < -0.39 is 29.3 Å². The van der Waals surface area contributed by atoms with Gasteiger partial charge in [0, 0.05) is 11.6 Å². The molecule has 3 aromatic carbocycles. The highest BCUT2D eigenvalue weighted by Gasteiger charge is 2.36. The lowest BCUT2D eigenvalue weighted by molar-refractivity contribution is -0.929. The lowest BCUT2D eigenvalue weighted by atomic mass is 9.98. The number of carbonyl (C=O) groups is 1. The van der Waals surface area contributed by atoms with Crippen molar-refractivity contribution in [1.82, 2.24) is 14.9 Å². The van der Waals surface area contributed by atoms with Crippen molar-refractivity contribution in [1.29, 1.82) is 0 Å². The third kappa shape index (κ3) is 6.18. The third-order valence-electron chi connectivity index (χ3n) is 7.61. The third-order valence-corrected chi connectivity index (χ3v) is 7.61. The number of morpholine rings is 1. The normalized spacial score (nSPS) is 14.8. The summed E-state index contributed by atoms with van der Waals surface area (Å²) in [6.45, 7) is 3.81. The summed E-state index contributed by atoms with van der Waals surface area (Å²) in [7, 11) is 2.16. The molecule has 5 aromatic rings. The van der Waals surface area contributed by atoms with E-state index in [-0.39, 0.29) is 34.2 Å². The largest absolute Gasteiger partial charge is 1.00 e. The first kappa shape index (κ1) is 31.2. The summed E-state index contributed by atoms with van der Waals surface area (Å²) < 4.78 is 68.4. The van der Waals surface area contributed by atoms with Crippen LogP contribution < -0.4 is 28.0 Å². The average Bonchev–Trinajstić information content (AvgIpc) is 3.59. The summed E-state index contributed by atoms with van der Waals surface area (Å²) in [5.74, 6) is -1.71. The molecule has 0 radical (unpaired) electrons. The minimum absolute atomic E-state index is 0. The maximum atomic E-state index is 15.4. The van der Waals surface area contributed by atoms with Gasteiger partial charge in [-0.25, -0.2) is 9.07 Å². The predicted octanol–water partition coefficient (Wildman–Crippen LogP) is 2.65. The molecule has 1 amide bonds. The number of hydrogen-bond donors (Lipinski definition) is 2. The second kappa shape index (κ2) is 12.0. The van der Waals surface area contributed by atoms with Crippen molar-refractivity contribution >= 4 is 28.4 Å².